The number of hydrogen-bond donors (Lipinski definition) is 1. The molecule has 6 heteroatoms. The number of fused-ring (bicyclic) bond motifs is 1. The van der Waals surface area contributed by atoms with E-state index in [0.717, 1.165) is 16.3 Å². The number of hydrogen-bond acceptors (Lipinski definition) is 5. The van der Waals surface area contributed by atoms with Crippen LogP contribution in [0.3, 0.4) is 0 Å². The van der Waals surface area contributed by atoms with Crippen LogP contribution in [0.15, 0.2) is 23.1 Å². The summed E-state index contributed by atoms with van der Waals surface area (Å²) in [5.74, 6) is 0.518. The van der Waals surface area contributed by atoms with Gasteiger partial charge in [-0.25, -0.2) is 0 Å². The number of carbonyl (C=O) groups is 1. The standard InChI is InChI=1S/C12H13NO3S2/c1-15-7-3-4-9-8(5-7)13-12(17)10(18-9)6-11(14)16-2/h3-5,10H,6H2,1-2H3,(H,13,17)/t10-/m1/s1. The number of esters is 1. The second-order valence-corrected chi connectivity index (χ2v) is 5.42. The first kappa shape index (κ1) is 13.2. The molecule has 0 radical (unpaired) electrons. The zero-order chi connectivity index (χ0) is 13.1. The highest BCUT2D eigenvalue weighted by Crippen LogP contribution is 2.39. The Morgan fingerprint density at radius 1 is 1.50 bits per heavy atom. The molecule has 0 saturated heterocycles. The predicted octanol–water partition coefficient (Wildman–Crippen LogP) is 2.47. The van der Waals surface area contributed by atoms with Crippen molar-refractivity contribution in [3.05, 3.63) is 18.2 Å². The third-order valence-corrected chi connectivity index (χ3v) is 4.42. The van der Waals surface area contributed by atoms with Crippen LogP contribution >= 0.6 is 24.0 Å². The first-order valence-electron chi connectivity index (χ1n) is 5.36. The van der Waals surface area contributed by atoms with Crippen LogP contribution in [-0.4, -0.2) is 30.4 Å². The summed E-state index contributed by atoms with van der Waals surface area (Å²) in [5, 5.41) is 3.06. The van der Waals surface area contributed by atoms with Gasteiger partial charge in [0, 0.05) is 11.0 Å². The Hall–Kier alpha value is -1.27. The molecule has 1 N–H and O–H groups in total. The van der Waals surface area contributed by atoms with Crippen molar-refractivity contribution in [1.29, 1.82) is 0 Å². The Morgan fingerprint density at radius 3 is 2.94 bits per heavy atom. The monoisotopic (exact) mass is 283 g/mol. The summed E-state index contributed by atoms with van der Waals surface area (Å²) in [6, 6.07) is 5.73. The van der Waals surface area contributed by atoms with E-state index in [9.17, 15) is 4.79 Å². The summed E-state index contributed by atoms with van der Waals surface area (Å²) >= 11 is 6.84. The first-order valence-corrected chi connectivity index (χ1v) is 6.65. The molecule has 0 spiro atoms. The van der Waals surface area contributed by atoms with Crippen LogP contribution < -0.4 is 10.1 Å². The van der Waals surface area contributed by atoms with Gasteiger partial charge in [-0.05, 0) is 12.1 Å². The molecule has 0 unspecified atom stereocenters. The molecule has 0 aromatic heterocycles. The summed E-state index contributed by atoms with van der Waals surface area (Å²) in [6.45, 7) is 0. The van der Waals surface area contributed by atoms with E-state index in [1.165, 1.54) is 7.11 Å². The van der Waals surface area contributed by atoms with Crippen LogP contribution in [-0.2, 0) is 9.53 Å². The molecule has 0 aliphatic carbocycles. The molecule has 1 atom stereocenters. The lowest BCUT2D eigenvalue weighted by Crippen LogP contribution is -2.29. The molecular formula is C12H13NO3S2. The van der Waals surface area contributed by atoms with Gasteiger partial charge in [-0.3, -0.25) is 4.79 Å². The molecule has 0 saturated carbocycles. The lowest BCUT2D eigenvalue weighted by Gasteiger charge is -2.26. The number of thiocarbonyl (C=S) groups is 1. The molecular weight excluding hydrogens is 270 g/mol. The number of carbonyl (C=O) groups excluding carboxylic acids is 1. The first-order chi connectivity index (χ1) is 8.63. The van der Waals surface area contributed by atoms with Gasteiger partial charge >= 0.3 is 5.97 Å². The van der Waals surface area contributed by atoms with Gasteiger partial charge in [0.1, 0.15) is 5.75 Å². The van der Waals surface area contributed by atoms with Crippen molar-refractivity contribution >= 4 is 40.6 Å². The largest absolute Gasteiger partial charge is 0.497 e. The van der Waals surface area contributed by atoms with E-state index in [1.54, 1.807) is 18.9 Å². The van der Waals surface area contributed by atoms with E-state index < -0.39 is 0 Å². The fourth-order valence-corrected chi connectivity index (χ4v) is 3.04. The minimum Gasteiger partial charge on any atom is -0.497 e. The van der Waals surface area contributed by atoms with Crippen LogP contribution in [0.5, 0.6) is 5.75 Å². The van der Waals surface area contributed by atoms with Crippen molar-refractivity contribution in [3.63, 3.8) is 0 Å². The van der Waals surface area contributed by atoms with E-state index in [-0.39, 0.29) is 17.6 Å². The quantitative estimate of drug-likeness (QED) is 0.679. The van der Waals surface area contributed by atoms with Crippen molar-refractivity contribution in [2.75, 3.05) is 19.5 Å². The van der Waals surface area contributed by atoms with Crippen molar-refractivity contribution in [3.8, 4) is 5.75 Å². The smallest absolute Gasteiger partial charge is 0.307 e. The zero-order valence-corrected chi connectivity index (χ0v) is 11.7. The van der Waals surface area contributed by atoms with Gasteiger partial charge < -0.3 is 14.8 Å². The summed E-state index contributed by atoms with van der Waals surface area (Å²) in [4.78, 5) is 13.0. The number of nitrogens with one attached hydrogen (secondary N) is 1. The average Bonchev–Trinajstić information content (AvgIpc) is 2.38. The number of benzene rings is 1. The summed E-state index contributed by atoms with van der Waals surface area (Å²) in [6.07, 6.45) is 0.276. The van der Waals surface area contributed by atoms with Gasteiger partial charge in [0.15, 0.2) is 0 Å². The number of methoxy groups -OCH3 is 2. The molecule has 0 bridgehead atoms. The van der Waals surface area contributed by atoms with E-state index >= 15 is 0 Å². The fourth-order valence-electron chi connectivity index (χ4n) is 1.63. The summed E-state index contributed by atoms with van der Waals surface area (Å²) < 4.78 is 9.82. The van der Waals surface area contributed by atoms with Crippen LogP contribution in [0, 0.1) is 0 Å². The van der Waals surface area contributed by atoms with Gasteiger partial charge in [-0.1, -0.05) is 12.2 Å². The maximum atomic E-state index is 11.3. The Balaban J connectivity index is 2.18. The predicted molar refractivity (Wildman–Crippen MR) is 75.5 cm³/mol. The molecule has 96 valence electrons. The highest BCUT2D eigenvalue weighted by atomic mass is 32.2. The lowest BCUT2D eigenvalue weighted by molar-refractivity contribution is -0.140. The van der Waals surface area contributed by atoms with Crippen LogP contribution in [0.2, 0.25) is 0 Å². The molecule has 0 amide bonds. The second-order valence-electron chi connectivity index (χ2n) is 3.74. The Labute approximate surface area is 115 Å². The van der Waals surface area contributed by atoms with E-state index in [4.69, 9.17) is 17.0 Å². The molecule has 1 aliphatic heterocycles. The van der Waals surface area contributed by atoms with Crippen molar-refractivity contribution in [2.45, 2.75) is 16.6 Å². The molecule has 4 nitrogen and oxygen atoms in total. The minimum absolute atomic E-state index is 0.0756. The van der Waals surface area contributed by atoms with Crippen LogP contribution in [0.4, 0.5) is 5.69 Å². The average molecular weight is 283 g/mol. The third kappa shape index (κ3) is 2.76. The van der Waals surface area contributed by atoms with Crippen LogP contribution in [0.1, 0.15) is 6.42 Å². The zero-order valence-electron chi connectivity index (χ0n) is 10.1. The molecule has 0 fully saturated rings. The fraction of sp³-hybridized carbons (Fsp3) is 0.333. The van der Waals surface area contributed by atoms with Crippen molar-refractivity contribution in [2.24, 2.45) is 0 Å². The van der Waals surface area contributed by atoms with Gasteiger partial charge in [0.25, 0.3) is 0 Å². The summed E-state index contributed by atoms with van der Waals surface area (Å²) in [5.41, 5.74) is 0.922. The third-order valence-electron chi connectivity index (χ3n) is 2.59. The molecule has 1 heterocycles. The number of anilines is 1. The highest BCUT2D eigenvalue weighted by molar-refractivity contribution is 8.02. The highest BCUT2D eigenvalue weighted by Gasteiger charge is 2.26. The van der Waals surface area contributed by atoms with Gasteiger partial charge in [0.05, 0.1) is 36.6 Å². The molecule has 1 aliphatic rings. The Kier molecular flexibility index (Phi) is 4.08. The molecule has 2 rings (SSSR count). The minimum atomic E-state index is -0.256. The number of thioether (sulfide) groups is 1. The summed E-state index contributed by atoms with van der Waals surface area (Å²) in [7, 11) is 3.00. The number of ether oxygens (including phenoxy) is 2. The number of rotatable bonds is 3. The van der Waals surface area contributed by atoms with E-state index in [2.05, 4.69) is 10.1 Å². The van der Waals surface area contributed by atoms with E-state index in [0.29, 0.717) is 4.99 Å². The van der Waals surface area contributed by atoms with Gasteiger partial charge in [-0.15, -0.1) is 11.8 Å². The molecule has 18 heavy (non-hydrogen) atoms. The SMILES string of the molecule is COC(=O)C[C@H]1Sc2ccc(OC)cc2NC1=S. The van der Waals surface area contributed by atoms with Crippen molar-refractivity contribution < 1.29 is 14.3 Å². The maximum absolute atomic E-state index is 11.3. The van der Waals surface area contributed by atoms with Gasteiger partial charge in [0.2, 0.25) is 0 Å². The molecule has 1 aromatic carbocycles. The second kappa shape index (κ2) is 5.58. The topological polar surface area (TPSA) is 47.6 Å². The lowest BCUT2D eigenvalue weighted by atomic mass is 10.2. The Morgan fingerprint density at radius 2 is 2.28 bits per heavy atom. The Bertz CT molecular complexity index is 490. The van der Waals surface area contributed by atoms with Crippen LogP contribution in [0.25, 0.3) is 0 Å². The van der Waals surface area contributed by atoms with Crippen molar-refractivity contribution in [1.82, 2.24) is 0 Å². The van der Waals surface area contributed by atoms with E-state index in [1.807, 2.05) is 18.2 Å². The normalized spacial score (nSPS) is 17.7. The maximum Gasteiger partial charge on any atom is 0.307 e. The van der Waals surface area contributed by atoms with Gasteiger partial charge in [-0.2, -0.15) is 0 Å². The molecule has 1 aromatic rings.